The molecule has 27 heavy (non-hydrogen) atoms. The smallest absolute Gasteiger partial charge is 0.251 e. The van der Waals surface area contributed by atoms with Crippen molar-refractivity contribution in [1.29, 1.82) is 0 Å². The van der Waals surface area contributed by atoms with Crippen LogP contribution in [0.5, 0.6) is 5.75 Å². The SMILES string of the molecule is COc1ccc(C)cc1Nc1cc(C(=O)NCc2ccc(Cl)cc2)ccn1. The molecule has 3 rings (SSSR count). The Balaban J connectivity index is 1.70. The number of hydrogen-bond donors (Lipinski definition) is 2. The lowest BCUT2D eigenvalue weighted by molar-refractivity contribution is 0.0951. The number of benzene rings is 2. The Morgan fingerprint density at radius 1 is 1.11 bits per heavy atom. The normalized spacial score (nSPS) is 10.3. The quantitative estimate of drug-likeness (QED) is 0.648. The fourth-order valence-corrected chi connectivity index (χ4v) is 2.71. The summed E-state index contributed by atoms with van der Waals surface area (Å²) < 4.78 is 5.37. The number of carbonyl (C=O) groups is 1. The van der Waals surface area contributed by atoms with E-state index < -0.39 is 0 Å². The van der Waals surface area contributed by atoms with E-state index in [0.717, 1.165) is 16.8 Å². The molecule has 1 aromatic heterocycles. The van der Waals surface area contributed by atoms with Gasteiger partial charge in [-0.05, 0) is 54.4 Å². The van der Waals surface area contributed by atoms with E-state index in [4.69, 9.17) is 16.3 Å². The summed E-state index contributed by atoms with van der Waals surface area (Å²) in [6.07, 6.45) is 1.60. The van der Waals surface area contributed by atoms with Crippen molar-refractivity contribution < 1.29 is 9.53 Å². The lowest BCUT2D eigenvalue weighted by atomic mass is 10.2. The molecule has 3 aromatic rings. The lowest BCUT2D eigenvalue weighted by Crippen LogP contribution is -2.22. The third-order valence-electron chi connectivity index (χ3n) is 4.01. The minimum Gasteiger partial charge on any atom is -0.495 e. The van der Waals surface area contributed by atoms with Gasteiger partial charge >= 0.3 is 0 Å². The number of aryl methyl sites for hydroxylation is 1. The molecule has 0 saturated carbocycles. The number of ether oxygens (including phenoxy) is 1. The first kappa shape index (κ1) is 18.7. The van der Waals surface area contributed by atoms with Crippen LogP contribution in [0.1, 0.15) is 21.5 Å². The van der Waals surface area contributed by atoms with Crippen LogP contribution < -0.4 is 15.4 Å². The topological polar surface area (TPSA) is 63.2 Å². The largest absolute Gasteiger partial charge is 0.495 e. The van der Waals surface area contributed by atoms with Gasteiger partial charge in [0.2, 0.25) is 0 Å². The van der Waals surface area contributed by atoms with Crippen LogP contribution in [0, 0.1) is 6.92 Å². The van der Waals surface area contributed by atoms with Crippen molar-refractivity contribution in [2.75, 3.05) is 12.4 Å². The molecule has 0 atom stereocenters. The van der Waals surface area contributed by atoms with E-state index in [2.05, 4.69) is 15.6 Å². The summed E-state index contributed by atoms with van der Waals surface area (Å²) in [6.45, 7) is 2.42. The van der Waals surface area contributed by atoms with Gasteiger partial charge in [-0.2, -0.15) is 0 Å². The second-order valence-corrected chi connectivity index (χ2v) is 6.50. The van der Waals surface area contributed by atoms with Crippen molar-refractivity contribution in [3.8, 4) is 5.75 Å². The van der Waals surface area contributed by atoms with E-state index in [1.807, 2.05) is 37.3 Å². The van der Waals surface area contributed by atoms with Gasteiger partial charge in [0, 0.05) is 23.3 Å². The molecule has 1 heterocycles. The first-order valence-electron chi connectivity index (χ1n) is 8.45. The van der Waals surface area contributed by atoms with E-state index in [0.29, 0.717) is 28.7 Å². The van der Waals surface area contributed by atoms with Gasteiger partial charge in [-0.1, -0.05) is 29.8 Å². The highest BCUT2D eigenvalue weighted by Gasteiger charge is 2.09. The first-order chi connectivity index (χ1) is 13.0. The first-order valence-corrected chi connectivity index (χ1v) is 8.83. The Morgan fingerprint density at radius 3 is 2.63 bits per heavy atom. The number of halogens is 1. The summed E-state index contributed by atoms with van der Waals surface area (Å²) in [6, 6.07) is 16.6. The molecule has 0 aliphatic rings. The van der Waals surface area contributed by atoms with Gasteiger partial charge in [0.25, 0.3) is 5.91 Å². The monoisotopic (exact) mass is 381 g/mol. The Kier molecular flexibility index (Phi) is 5.94. The van der Waals surface area contributed by atoms with Gasteiger partial charge in [0.05, 0.1) is 12.8 Å². The molecule has 138 valence electrons. The predicted molar refractivity (Wildman–Crippen MR) is 108 cm³/mol. The van der Waals surface area contributed by atoms with Crippen LogP contribution in [-0.4, -0.2) is 18.0 Å². The van der Waals surface area contributed by atoms with Gasteiger partial charge < -0.3 is 15.4 Å². The van der Waals surface area contributed by atoms with E-state index in [-0.39, 0.29) is 5.91 Å². The Hall–Kier alpha value is -3.05. The number of pyridine rings is 1. The van der Waals surface area contributed by atoms with Crippen molar-refractivity contribution in [1.82, 2.24) is 10.3 Å². The molecule has 2 N–H and O–H groups in total. The Labute approximate surface area is 163 Å². The number of amides is 1. The summed E-state index contributed by atoms with van der Waals surface area (Å²) in [5, 5.41) is 6.77. The maximum atomic E-state index is 12.4. The minimum absolute atomic E-state index is 0.174. The molecule has 6 heteroatoms. The zero-order valence-corrected chi connectivity index (χ0v) is 15.9. The van der Waals surface area contributed by atoms with Crippen LogP contribution in [0.2, 0.25) is 5.02 Å². The van der Waals surface area contributed by atoms with Crippen LogP contribution in [0.15, 0.2) is 60.8 Å². The molecular weight excluding hydrogens is 362 g/mol. The van der Waals surface area contributed by atoms with Crippen LogP contribution in [0.4, 0.5) is 11.5 Å². The number of nitrogens with zero attached hydrogens (tertiary/aromatic N) is 1. The fourth-order valence-electron chi connectivity index (χ4n) is 2.58. The molecule has 0 aliphatic heterocycles. The minimum atomic E-state index is -0.174. The van der Waals surface area contributed by atoms with Gasteiger partial charge in [0.15, 0.2) is 0 Å². The maximum Gasteiger partial charge on any atom is 0.251 e. The molecule has 2 aromatic carbocycles. The number of anilines is 2. The fraction of sp³-hybridized carbons (Fsp3) is 0.143. The van der Waals surface area contributed by atoms with E-state index >= 15 is 0 Å². The highest BCUT2D eigenvalue weighted by Crippen LogP contribution is 2.28. The van der Waals surface area contributed by atoms with Crippen LogP contribution >= 0.6 is 11.6 Å². The van der Waals surface area contributed by atoms with Crippen molar-refractivity contribution in [2.45, 2.75) is 13.5 Å². The van der Waals surface area contributed by atoms with E-state index in [9.17, 15) is 4.79 Å². The highest BCUT2D eigenvalue weighted by molar-refractivity contribution is 6.30. The van der Waals surface area contributed by atoms with Crippen molar-refractivity contribution in [3.63, 3.8) is 0 Å². The molecule has 5 nitrogen and oxygen atoms in total. The van der Waals surface area contributed by atoms with Crippen LogP contribution in [-0.2, 0) is 6.54 Å². The van der Waals surface area contributed by atoms with Crippen molar-refractivity contribution in [2.24, 2.45) is 0 Å². The van der Waals surface area contributed by atoms with Crippen molar-refractivity contribution in [3.05, 3.63) is 82.5 Å². The molecule has 0 bridgehead atoms. The average molecular weight is 382 g/mol. The van der Waals surface area contributed by atoms with Gasteiger partial charge in [-0.25, -0.2) is 4.98 Å². The lowest BCUT2D eigenvalue weighted by Gasteiger charge is -2.12. The molecule has 0 spiro atoms. The number of nitrogens with one attached hydrogen (secondary N) is 2. The average Bonchev–Trinajstić information content (AvgIpc) is 2.68. The van der Waals surface area contributed by atoms with Gasteiger partial charge in [0.1, 0.15) is 11.6 Å². The molecular formula is C21H20ClN3O2. The van der Waals surface area contributed by atoms with Gasteiger partial charge in [-0.15, -0.1) is 0 Å². The number of hydrogen-bond acceptors (Lipinski definition) is 4. The molecule has 0 aliphatic carbocycles. The predicted octanol–water partition coefficient (Wildman–Crippen LogP) is 4.73. The number of rotatable bonds is 6. The number of methoxy groups -OCH3 is 1. The van der Waals surface area contributed by atoms with E-state index in [1.54, 1.807) is 37.6 Å². The molecule has 0 fully saturated rings. The third-order valence-corrected chi connectivity index (χ3v) is 4.26. The second kappa shape index (κ2) is 8.56. The zero-order chi connectivity index (χ0) is 19.2. The second-order valence-electron chi connectivity index (χ2n) is 6.07. The molecule has 0 radical (unpaired) electrons. The summed E-state index contributed by atoms with van der Waals surface area (Å²) in [5.41, 5.74) is 3.39. The van der Waals surface area contributed by atoms with Crippen LogP contribution in [0.3, 0.4) is 0 Å². The van der Waals surface area contributed by atoms with E-state index in [1.165, 1.54) is 0 Å². The van der Waals surface area contributed by atoms with Crippen molar-refractivity contribution >= 4 is 29.0 Å². The summed E-state index contributed by atoms with van der Waals surface area (Å²) in [7, 11) is 1.61. The van der Waals surface area contributed by atoms with Gasteiger partial charge in [-0.3, -0.25) is 4.79 Å². The highest BCUT2D eigenvalue weighted by atomic mass is 35.5. The number of aromatic nitrogens is 1. The molecule has 1 amide bonds. The van der Waals surface area contributed by atoms with Crippen LogP contribution in [0.25, 0.3) is 0 Å². The standard InChI is InChI=1S/C21H20ClN3O2/c1-14-3-8-19(27-2)18(11-14)25-20-12-16(9-10-23-20)21(26)24-13-15-4-6-17(22)7-5-15/h3-12H,13H2,1-2H3,(H,23,25)(H,24,26). The summed E-state index contributed by atoms with van der Waals surface area (Å²) in [4.78, 5) is 16.7. The zero-order valence-electron chi connectivity index (χ0n) is 15.1. The Morgan fingerprint density at radius 2 is 1.89 bits per heavy atom. The summed E-state index contributed by atoms with van der Waals surface area (Å²) in [5.74, 6) is 1.10. The third kappa shape index (κ3) is 4.99. The summed E-state index contributed by atoms with van der Waals surface area (Å²) >= 11 is 5.88. The number of carbonyl (C=O) groups excluding carboxylic acids is 1. The Bertz CT molecular complexity index is 942. The molecule has 0 saturated heterocycles. The maximum absolute atomic E-state index is 12.4. The molecule has 0 unspecified atom stereocenters.